The van der Waals surface area contributed by atoms with Crippen molar-refractivity contribution in [2.45, 2.75) is 13.8 Å². The van der Waals surface area contributed by atoms with E-state index >= 15 is 0 Å². The summed E-state index contributed by atoms with van der Waals surface area (Å²) in [6.07, 6.45) is 2.13. The first-order chi connectivity index (χ1) is 9.05. The van der Waals surface area contributed by atoms with E-state index < -0.39 is 7.14 Å². The van der Waals surface area contributed by atoms with Crippen LogP contribution in [0.1, 0.15) is 13.8 Å². The van der Waals surface area contributed by atoms with Crippen molar-refractivity contribution < 1.29 is 4.57 Å². The lowest BCUT2D eigenvalue weighted by Gasteiger charge is -2.20. The fourth-order valence-electron chi connectivity index (χ4n) is 2.51. The van der Waals surface area contributed by atoms with Crippen LogP contribution in [0.3, 0.4) is 0 Å². The fourth-order valence-corrected chi connectivity index (χ4v) is 5.86. The summed E-state index contributed by atoms with van der Waals surface area (Å²) in [7, 11) is -2.65. The van der Waals surface area contributed by atoms with E-state index in [1.54, 1.807) is 0 Å². The largest absolute Gasteiger partial charge is 0.309 e. The minimum absolute atomic E-state index is 0.0127. The Morgan fingerprint density at radius 1 is 0.789 bits per heavy atom. The average molecular weight is 268 g/mol. The Kier molecular flexibility index (Phi) is 2.76. The molecule has 3 rings (SSSR count). The van der Waals surface area contributed by atoms with Crippen molar-refractivity contribution in [3.05, 3.63) is 72.1 Å². The summed E-state index contributed by atoms with van der Waals surface area (Å²) in [5.74, 6) is 0. The van der Waals surface area contributed by atoms with Gasteiger partial charge in [0.05, 0.1) is 0 Å². The highest BCUT2D eigenvalue weighted by atomic mass is 31.2. The number of allylic oxidation sites excluding steroid dienone is 2. The molecule has 96 valence electrons. The van der Waals surface area contributed by atoms with E-state index in [4.69, 9.17) is 0 Å². The Bertz CT molecular complexity index is 625. The molecule has 0 radical (unpaired) electrons. The van der Waals surface area contributed by atoms with Gasteiger partial charge in [-0.3, -0.25) is 0 Å². The second kappa shape index (κ2) is 4.21. The van der Waals surface area contributed by atoms with Crippen LogP contribution in [-0.2, 0) is 4.57 Å². The van der Waals surface area contributed by atoms with Gasteiger partial charge in [0.15, 0.2) is 7.14 Å². The number of hydrogen-bond donors (Lipinski definition) is 0. The van der Waals surface area contributed by atoms with E-state index in [1.165, 1.54) is 0 Å². The lowest BCUT2D eigenvalue weighted by atomic mass is 10.2. The van der Waals surface area contributed by atoms with Gasteiger partial charge >= 0.3 is 0 Å². The number of benzene rings is 2. The second-order valence-electron chi connectivity index (χ2n) is 5.53. The summed E-state index contributed by atoms with van der Waals surface area (Å²) in [4.78, 5) is 0. The molecule has 0 fully saturated rings. The van der Waals surface area contributed by atoms with Gasteiger partial charge in [0.1, 0.15) is 0 Å². The van der Waals surface area contributed by atoms with Gasteiger partial charge in [-0.05, 0) is 0 Å². The Balaban J connectivity index is 2.19. The first kappa shape index (κ1) is 12.4. The first-order valence-electron chi connectivity index (χ1n) is 6.50. The Morgan fingerprint density at radius 3 is 1.47 bits per heavy atom. The molecule has 0 aromatic heterocycles. The van der Waals surface area contributed by atoms with Gasteiger partial charge < -0.3 is 4.57 Å². The third-order valence-electron chi connectivity index (χ3n) is 3.65. The lowest BCUT2D eigenvalue weighted by Crippen LogP contribution is -2.16. The summed E-state index contributed by atoms with van der Waals surface area (Å²) in [6, 6.07) is 19.7. The predicted molar refractivity (Wildman–Crippen MR) is 81.6 cm³/mol. The quantitative estimate of drug-likeness (QED) is 0.771. The molecule has 0 saturated heterocycles. The van der Waals surface area contributed by atoms with Crippen molar-refractivity contribution in [1.82, 2.24) is 0 Å². The molecule has 0 spiro atoms. The maximum Gasteiger partial charge on any atom is 0.167 e. The molecule has 0 unspecified atom stereocenters. The molecule has 1 aliphatic rings. The Hall–Kier alpha value is -1.59. The molecule has 0 saturated carbocycles. The highest BCUT2D eigenvalue weighted by molar-refractivity contribution is 7.82. The topological polar surface area (TPSA) is 17.1 Å². The molecule has 2 aromatic carbocycles. The Morgan fingerprint density at radius 2 is 1.16 bits per heavy atom. The Labute approximate surface area is 114 Å². The van der Waals surface area contributed by atoms with Crippen LogP contribution < -0.4 is 10.6 Å². The van der Waals surface area contributed by atoms with Crippen molar-refractivity contribution in [1.29, 1.82) is 0 Å². The standard InChI is InChI=1S/C17H17OP/c1-17(2)13-16(17)19(18,14-9-5-3-6-10-14)15-11-7-4-8-12-15/h3-13H,1-2H3. The van der Waals surface area contributed by atoms with Crippen molar-refractivity contribution in [2.75, 3.05) is 0 Å². The zero-order valence-corrected chi connectivity index (χ0v) is 12.1. The van der Waals surface area contributed by atoms with E-state index in [2.05, 4.69) is 19.9 Å². The molecule has 0 heterocycles. The number of rotatable bonds is 3. The molecule has 2 heteroatoms. The summed E-state index contributed by atoms with van der Waals surface area (Å²) < 4.78 is 13.7. The van der Waals surface area contributed by atoms with E-state index in [9.17, 15) is 4.57 Å². The van der Waals surface area contributed by atoms with Crippen molar-refractivity contribution >= 4 is 17.8 Å². The molecule has 1 aliphatic carbocycles. The van der Waals surface area contributed by atoms with Gasteiger partial charge in [-0.15, -0.1) is 0 Å². The van der Waals surface area contributed by atoms with Crippen LogP contribution in [0.15, 0.2) is 72.1 Å². The van der Waals surface area contributed by atoms with Gasteiger partial charge in [-0.25, -0.2) is 0 Å². The van der Waals surface area contributed by atoms with Gasteiger partial charge in [0.2, 0.25) is 0 Å². The summed E-state index contributed by atoms with van der Waals surface area (Å²) in [6.45, 7) is 4.25. The fraction of sp³-hybridized carbons (Fsp3) is 0.176. The summed E-state index contributed by atoms with van der Waals surface area (Å²) >= 11 is 0. The molecular formula is C17H17OP. The van der Waals surface area contributed by atoms with Crippen LogP contribution >= 0.6 is 7.14 Å². The van der Waals surface area contributed by atoms with Gasteiger partial charge in [0, 0.05) is 21.3 Å². The minimum Gasteiger partial charge on any atom is -0.309 e. The van der Waals surface area contributed by atoms with Gasteiger partial charge in [-0.1, -0.05) is 80.6 Å². The average Bonchev–Trinajstić information content (AvgIpc) is 3.09. The minimum atomic E-state index is -2.65. The molecule has 0 amide bonds. The number of hydrogen-bond acceptors (Lipinski definition) is 1. The highest BCUT2D eigenvalue weighted by Gasteiger charge is 2.47. The molecule has 0 N–H and O–H groups in total. The third kappa shape index (κ3) is 1.99. The predicted octanol–water partition coefficient (Wildman–Crippen LogP) is 3.92. The van der Waals surface area contributed by atoms with E-state index in [0.29, 0.717) is 0 Å². The van der Waals surface area contributed by atoms with Crippen molar-refractivity contribution in [2.24, 2.45) is 5.41 Å². The van der Waals surface area contributed by atoms with Gasteiger partial charge in [0.25, 0.3) is 0 Å². The molecule has 0 atom stereocenters. The monoisotopic (exact) mass is 268 g/mol. The maximum atomic E-state index is 13.7. The molecule has 19 heavy (non-hydrogen) atoms. The van der Waals surface area contributed by atoms with E-state index in [0.717, 1.165) is 15.9 Å². The van der Waals surface area contributed by atoms with Crippen LogP contribution in [0.2, 0.25) is 0 Å². The first-order valence-corrected chi connectivity index (χ1v) is 8.21. The molecule has 0 aliphatic heterocycles. The smallest absolute Gasteiger partial charge is 0.167 e. The second-order valence-corrected chi connectivity index (χ2v) is 8.26. The van der Waals surface area contributed by atoms with Crippen LogP contribution in [-0.4, -0.2) is 0 Å². The van der Waals surface area contributed by atoms with Crippen molar-refractivity contribution in [3.8, 4) is 0 Å². The van der Waals surface area contributed by atoms with Crippen LogP contribution in [0.25, 0.3) is 0 Å². The molecular weight excluding hydrogens is 251 g/mol. The molecule has 1 nitrogen and oxygen atoms in total. The zero-order valence-electron chi connectivity index (χ0n) is 11.2. The zero-order chi connectivity index (χ0) is 13.5. The van der Waals surface area contributed by atoms with E-state index in [-0.39, 0.29) is 5.41 Å². The lowest BCUT2D eigenvalue weighted by molar-refractivity contribution is 0.587. The third-order valence-corrected chi connectivity index (χ3v) is 7.09. The highest BCUT2D eigenvalue weighted by Crippen LogP contribution is 2.67. The van der Waals surface area contributed by atoms with Crippen LogP contribution in [0, 0.1) is 5.41 Å². The van der Waals surface area contributed by atoms with Gasteiger partial charge in [-0.2, -0.15) is 0 Å². The van der Waals surface area contributed by atoms with E-state index in [1.807, 2.05) is 60.7 Å². The normalized spacial score (nSPS) is 16.8. The maximum absolute atomic E-state index is 13.7. The molecule has 0 bridgehead atoms. The van der Waals surface area contributed by atoms with Crippen molar-refractivity contribution in [3.63, 3.8) is 0 Å². The van der Waals surface area contributed by atoms with Crippen LogP contribution in [0.4, 0.5) is 0 Å². The summed E-state index contributed by atoms with van der Waals surface area (Å²) in [5, 5.41) is 2.94. The summed E-state index contributed by atoms with van der Waals surface area (Å²) in [5.41, 5.74) is -0.0127. The van der Waals surface area contributed by atoms with Crippen LogP contribution in [0.5, 0.6) is 0 Å². The SMILES string of the molecule is CC1(C)C=C1P(=O)(c1ccccc1)c1ccccc1. The molecule has 2 aromatic rings.